The van der Waals surface area contributed by atoms with Crippen LogP contribution in [-0.4, -0.2) is 21.7 Å². The Balaban J connectivity index is 1.72. The first kappa shape index (κ1) is 19.8. The van der Waals surface area contributed by atoms with Crippen LogP contribution < -0.4 is 10.9 Å². The highest BCUT2D eigenvalue weighted by Crippen LogP contribution is 2.28. The summed E-state index contributed by atoms with van der Waals surface area (Å²) in [5.41, 5.74) is 1.67. The van der Waals surface area contributed by atoms with E-state index in [-0.39, 0.29) is 29.3 Å². The molecule has 0 unspecified atom stereocenters. The van der Waals surface area contributed by atoms with E-state index in [0.717, 1.165) is 11.8 Å². The van der Waals surface area contributed by atoms with E-state index < -0.39 is 0 Å². The normalized spacial score (nSPS) is 12.7. The second-order valence-electron chi connectivity index (χ2n) is 8.02. The van der Waals surface area contributed by atoms with Crippen LogP contribution in [0.2, 0.25) is 0 Å². The van der Waals surface area contributed by atoms with Gasteiger partial charge in [-0.25, -0.2) is 4.68 Å². The number of fused-ring (bicyclic) bond motifs is 1. The molecule has 0 saturated carbocycles. The maximum atomic E-state index is 12.6. The minimum atomic E-state index is -0.155. The average Bonchev–Trinajstić information content (AvgIpc) is 2.66. The number of nitrogens with one attached hydrogen (secondary N) is 1. The molecule has 0 saturated heterocycles. The molecule has 1 atom stereocenters. The predicted octanol–water partition coefficient (Wildman–Crippen LogP) is 3.35. The number of hydrogen-bond acceptors (Lipinski definition) is 3. The molecular weight excluding hydrogens is 350 g/mol. The van der Waals surface area contributed by atoms with Gasteiger partial charge >= 0.3 is 0 Å². The van der Waals surface area contributed by atoms with E-state index in [1.807, 2.05) is 43.3 Å². The lowest BCUT2D eigenvalue weighted by molar-refractivity contribution is -0.121. The number of nitrogens with zero attached hydrogens (tertiary/aromatic N) is 2. The molecule has 28 heavy (non-hydrogen) atoms. The summed E-state index contributed by atoms with van der Waals surface area (Å²) in [5.74, 6) is -0.0901. The zero-order chi connectivity index (χ0) is 20.3. The smallest absolute Gasteiger partial charge is 0.274 e. The summed E-state index contributed by atoms with van der Waals surface area (Å²) in [5, 5.41) is 8.72. The molecule has 1 aromatic heterocycles. The van der Waals surface area contributed by atoms with Gasteiger partial charge in [0.05, 0.1) is 17.5 Å². The first-order valence-corrected chi connectivity index (χ1v) is 9.58. The zero-order valence-electron chi connectivity index (χ0n) is 16.9. The molecule has 0 aliphatic heterocycles. The van der Waals surface area contributed by atoms with Crippen molar-refractivity contribution in [1.29, 1.82) is 0 Å². The quantitative estimate of drug-likeness (QED) is 0.716. The average molecular weight is 377 g/mol. The van der Waals surface area contributed by atoms with Crippen LogP contribution in [0.15, 0.2) is 59.4 Å². The van der Waals surface area contributed by atoms with Crippen LogP contribution in [0, 0.1) is 0 Å². The molecule has 3 rings (SSSR count). The van der Waals surface area contributed by atoms with Crippen LogP contribution >= 0.6 is 0 Å². The van der Waals surface area contributed by atoms with Crippen LogP contribution in [0.5, 0.6) is 0 Å². The monoisotopic (exact) mass is 377 g/mol. The number of hydrogen-bond donors (Lipinski definition) is 1. The molecule has 2 aromatic carbocycles. The number of amides is 1. The van der Waals surface area contributed by atoms with Gasteiger partial charge in [-0.15, -0.1) is 0 Å². The zero-order valence-corrected chi connectivity index (χ0v) is 16.9. The Morgan fingerprint density at radius 2 is 1.68 bits per heavy atom. The van der Waals surface area contributed by atoms with Crippen molar-refractivity contribution >= 4 is 16.7 Å². The van der Waals surface area contributed by atoms with Crippen molar-refractivity contribution in [3.05, 3.63) is 76.2 Å². The van der Waals surface area contributed by atoms with E-state index in [1.165, 1.54) is 10.2 Å². The summed E-state index contributed by atoms with van der Waals surface area (Å²) in [6.45, 7) is 6.40. The Hall–Kier alpha value is -2.95. The molecule has 0 bridgehead atoms. The van der Waals surface area contributed by atoms with E-state index in [1.54, 1.807) is 13.1 Å². The van der Waals surface area contributed by atoms with Crippen LogP contribution in [0.25, 0.3) is 10.8 Å². The van der Waals surface area contributed by atoms with E-state index in [9.17, 15) is 9.59 Å². The van der Waals surface area contributed by atoms with Crippen molar-refractivity contribution in [2.75, 3.05) is 0 Å². The third-order valence-corrected chi connectivity index (χ3v) is 5.14. The van der Waals surface area contributed by atoms with E-state index in [4.69, 9.17) is 0 Å². The number of aryl methyl sites for hydroxylation is 1. The van der Waals surface area contributed by atoms with Gasteiger partial charge in [-0.1, -0.05) is 62.4 Å². The van der Waals surface area contributed by atoms with Crippen LogP contribution in [0.3, 0.4) is 0 Å². The Kier molecular flexibility index (Phi) is 5.63. The lowest BCUT2D eigenvalue weighted by Crippen LogP contribution is -2.38. The van der Waals surface area contributed by atoms with Gasteiger partial charge in [-0.05, 0) is 30.4 Å². The maximum absolute atomic E-state index is 12.6. The third kappa shape index (κ3) is 4.30. The predicted molar refractivity (Wildman–Crippen MR) is 112 cm³/mol. The van der Waals surface area contributed by atoms with E-state index >= 15 is 0 Å². The molecular formula is C23H27N3O2. The molecule has 0 spiro atoms. The van der Waals surface area contributed by atoms with Gasteiger partial charge in [-0.2, -0.15) is 5.10 Å². The fourth-order valence-electron chi connectivity index (χ4n) is 3.81. The van der Waals surface area contributed by atoms with E-state index in [2.05, 4.69) is 36.4 Å². The summed E-state index contributed by atoms with van der Waals surface area (Å²) in [7, 11) is 1.61. The summed E-state index contributed by atoms with van der Waals surface area (Å²) in [6.07, 6.45) is 0.967. The third-order valence-electron chi connectivity index (χ3n) is 5.14. The second kappa shape index (κ2) is 7.97. The number of aromatic nitrogens is 2. The minimum absolute atomic E-state index is 0.0153. The summed E-state index contributed by atoms with van der Waals surface area (Å²) < 4.78 is 1.30. The van der Waals surface area contributed by atoms with Gasteiger partial charge in [0.1, 0.15) is 0 Å². The Morgan fingerprint density at radius 1 is 1.07 bits per heavy atom. The van der Waals surface area contributed by atoms with Crippen molar-refractivity contribution in [3.8, 4) is 0 Å². The highest BCUT2D eigenvalue weighted by Gasteiger charge is 2.24. The van der Waals surface area contributed by atoms with E-state index in [0.29, 0.717) is 11.1 Å². The van der Waals surface area contributed by atoms with Gasteiger partial charge < -0.3 is 5.32 Å². The molecule has 3 aromatic rings. The summed E-state index contributed by atoms with van der Waals surface area (Å²) >= 11 is 0. The van der Waals surface area contributed by atoms with Gasteiger partial charge in [0, 0.05) is 18.5 Å². The van der Waals surface area contributed by atoms with Gasteiger partial charge in [0.25, 0.3) is 5.56 Å². The van der Waals surface area contributed by atoms with Crippen LogP contribution in [0.1, 0.15) is 38.4 Å². The highest BCUT2D eigenvalue weighted by molar-refractivity contribution is 5.88. The lowest BCUT2D eigenvalue weighted by Gasteiger charge is -2.29. The van der Waals surface area contributed by atoms with Gasteiger partial charge in [-0.3, -0.25) is 9.59 Å². The summed E-state index contributed by atoms with van der Waals surface area (Å²) in [4.78, 5) is 24.9. The Morgan fingerprint density at radius 3 is 2.36 bits per heavy atom. The summed E-state index contributed by atoms with van der Waals surface area (Å²) in [6, 6.07) is 17.6. The topological polar surface area (TPSA) is 64.0 Å². The molecule has 0 fully saturated rings. The SMILES string of the molecule is C[C@H](CC(C)(C)c1ccccc1)NC(=O)Cc1nn(C)c(=O)c2ccccc12. The van der Waals surface area contributed by atoms with Crippen molar-refractivity contribution in [1.82, 2.24) is 15.1 Å². The van der Waals surface area contributed by atoms with Crippen molar-refractivity contribution in [3.63, 3.8) is 0 Å². The lowest BCUT2D eigenvalue weighted by atomic mass is 9.79. The van der Waals surface area contributed by atoms with Crippen molar-refractivity contribution < 1.29 is 4.79 Å². The molecule has 5 nitrogen and oxygen atoms in total. The molecule has 1 heterocycles. The molecule has 5 heteroatoms. The van der Waals surface area contributed by atoms with Crippen molar-refractivity contribution in [2.24, 2.45) is 7.05 Å². The molecule has 0 radical (unpaired) electrons. The maximum Gasteiger partial charge on any atom is 0.274 e. The van der Waals surface area contributed by atoms with Crippen molar-refractivity contribution in [2.45, 2.75) is 45.1 Å². The minimum Gasteiger partial charge on any atom is -0.353 e. The van der Waals surface area contributed by atoms with Crippen LogP contribution in [0.4, 0.5) is 0 Å². The molecule has 146 valence electrons. The fraction of sp³-hybridized carbons (Fsp3) is 0.348. The fourth-order valence-corrected chi connectivity index (χ4v) is 3.81. The largest absolute Gasteiger partial charge is 0.353 e. The molecule has 0 aliphatic carbocycles. The van der Waals surface area contributed by atoms with Crippen LogP contribution in [-0.2, 0) is 23.7 Å². The first-order chi connectivity index (χ1) is 13.3. The van der Waals surface area contributed by atoms with Gasteiger partial charge in [0.15, 0.2) is 0 Å². The molecule has 1 amide bonds. The number of benzene rings is 2. The second-order valence-corrected chi connectivity index (χ2v) is 8.02. The Labute approximate surface area is 165 Å². The standard InChI is InChI=1S/C23H27N3O2/c1-16(15-23(2,3)17-10-6-5-7-11-17)24-21(27)14-20-18-12-8-9-13-19(18)22(28)26(4)25-20/h5-13,16H,14-15H2,1-4H3,(H,24,27)/t16-/m1/s1. The first-order valence-electron chi connectivity index (χ1n) is 9.58. The highest BCUT2D eigenvalue weighted by atomic mass is 16.1. The molecule has 0 aliphatic rings. The number of rotatable bonds is 6. The number of carbonyl (C=O) groups is 1. The Bertz CT molecular complexity index is 1040. The number of carbonyl (C=O) groups excluding carboxylic acids is 1. The van der Waals surface area contributed by atoms with Gasteiger partial charge in [0.2, 0.25) is 5.91 Å². The molecule has 1 N–H and O–H groups in total.